The number of carbonyl (C=O) groups excluding carboxylic acids is 3. The Bertz CT molecular complexity index is 1080. The molecular formula is C23H18Cl4N2O3. The number of amides is 2. The van der Waals surface area contributed by atoms with Gasteiger partial charge in [-0.3, -0.25) is 14.4 Å². The number of nitrogens with one attached hydrogen (secondary N) is 1. The highest BCUT2D eigenvalue weighted by Gasteiger charge is 2.29. The third-order valence-electron chi connectivity index (χ3n) is 4.82. The molecule has 1 saturated heterocycles. The second kappa shape index (κ2) is 10.5. The van der Waals surface area contributed by atoms with E-state index in [0.717, 1.165) is 0 Å². The topological polar surface area (TPSA) is 66.5 Å². The van der Waals surface area contributed by atoms with Crippen LogP contribution in [0.15, 0.2) is 47.5 Å². The maximum atomic E-state index is 13.2. The lowest BCUT2D eigenvalue weighted by molar-refractivity contribution is -0.135. The number of nitrogens with zero attached hydrogens (tertiary/aromatic N) is 1. The first-order valence-electron chi connectivity index (χ1n) is 9.52. The van der Waals surface area contributed by atoms with Crippen LogP contribution in [-0.4, -0.2) is 42.6 Å². The summed E-state index contributed by atoms with van der Waals surface area (Å²) in [7, 11) is 1.46. The van der Waals surface area contributed by atoms with E-state index in [0.29, 0.717) is 42.4 Å². The SMILES string of the molecule is CNC(=O)CC(=O)N1C/C(=C\c2ccc(Cl)c(Cl)c2)C(=O)/C(=C/c2ccc(Cl)c(Cl)c2)C1. The second-order valence-electron chi connectivity index (χ2n) is 7.12. The highest BCUT2D eigenvalue weighted by molar-refractivity contribution is 6.42. The van der Waals surface area contributed by atoms with Crippen molar-refractivity contribution in [1.82, 2.24) is 10.2 Å². The Morgan fingerprint density at radius 2 is 1.34 bits per heavy atom. The summed E-state index contributed by atoms with van der Waals surface area (Å²) in [6.45, 7) is 0.126. The summed E-state index contributed by atoms with van der Waals surface area (Å²) < 4.78 is 0. The Balaban J connectivity index is 2.00. The molecule has 0 saturated carbocycles. The first-order valence-corrected chi connectivity index (χ1v) is 11.0. The van der Waals surface area contributed by atoms with Gasteiger partial charge in [-0.15, -0.1) is 0 Å². The van der Waals surface area contributed by atoms with Gasteiger partial charge in [0.05, 0.1) is 20.1 Å². The van der Waals surface area contributed by atoms with Crippen molar-refractivity contribution in [3.63, 3.8) is 0 Å². The average Bonchev–Trinajstić information content (AvgIpc) is 2.75. The van der Waals surface area contributed by atoms with Crippen LogP contribution in [0.25, 0.3) is 12.2 Å². The lowest BCUT2D eigenvalue weighted by Gasteiger charge is -2.30. The van der Waals surface area contributed by atoms with Gasteiger partial charge >= 0.3 is 0 Å². The fourth-order valence-electron chi connectivity index (χ4n) is 3.16. The number of piperidine rings is 1. The van der Waals surface area contributed by atoms with Gasteiger partial charge in [-0.1, -0.05) is 58.5 Å². The molecule has 0 aromatic heterocycles. The van der Waals surface area contributed by atoms with Crippen LogP contribution in [0.1, 0.15) is 17.5 Å². The molecule has 3 rings (SSSR count). The summed E-state index contributed by atoms with van der Waals surface area (Å²) in [5.74, 6) is -1.01. The molecule has 5 nitrogen and oxygen atoms in total. The third-order valence-corrected chi connectivity index (χ3v) is 6.30. The zero-order valence-corrected chi connectivity index (χ0v) is 19.9. The van der Waals surface area contributed by atoms with Crippen LogP contribution >= 0.6 is 46.4 Å². The van der Waals surface area contributed by atoms with Crippen molar-refractivity contribution in [2.45, 2.75) is 6.42 Å². The molecule has 2 amide bonds. The molecule has 2 aromatic carbocycles. The van der Waals surface area contributed by atoms with Gasteiger partial charge in [0.1, 0.15) is 6.42 Å². The Hall–Kier alpha value is -2.31. The summed E-state index contributed by atoms with van der Waals surface area (Å²) in [4.78, 5) is 39.1. The predicted molar refractivity (Wildman–Crippen MR) is 129 cm³/mol. The molecule has 1 heterocycles. The number of carbonyl (C=O) groups is 3. The Kier molecular flexibility index (Phi) is 8.01. The second-order valence-corrected chi connectivity index (χ2v) is 8.74. The molecule has 1 N–H and O–H groups in total. The van der Waals surface area contributed by atoms with Crippen molar-refractivity contribution in [1.29, 1.82) is 0 Å². The van der Waals surface area contributed by atoms with Gasteiger partial charge in [0.15, 0.2) is 5.78 Å². The molecule has 0 aliphatic carbocycles. The van der Waals surface area contributed by atoms with E-state index < -0.39 is 11.8 Å². The molecule has 9 heteroatoms. The van der Waals surface area contributed by atoms with Gasteiger partial charge in [-0.2, -0.15) is 0 Å². The molecule has 0 radical (unpaired) electrons. The molecule has 2 aromatic rings. The van der Waals surface area contributed by atoms with Crippen molar-refractivity contribution in [3.8, 4) is 0 Å². The van der Waals surface area contributed by atoms with E-state index in [1.165, 1.54) is 11.9 Å². The quantitative estimate of drug-likeness (QED) is 0.446. The third kappa shape index (κ3) is 5.93. The zero-order chi connectivity index (χ0) is 23.4. The first-order chi connectivity index (χ1) is 15.2. The zero-order valence-electron chi connectivity index (χ0n) is 16.9. The summed E-state index contributed by atoms with van der Waals surface area (Å²) >= 11 is 24.1. The molecule has 1 fully saturated rings. The van der Waals surface area contributed by atoms with Gasteiger partial charge < -0.3 is 10.2 Å². The Morgan fingerprint density at radius 3 is 1.75 bits per heavy atom. The van der Waals surface area contributed by atoms with Crippen LogP contribution in [-0.2, 0) is 14.4 Å². The predicted octanol–water partition coefficient (Wildman–Crippen LogP) is 5.31. The minimum Gasteiger partial charge on any atom is -0.359 e. The Morgan fingerprint density at radius 1 is 0.875 bits per heavy atom. The minimum atomic E-state index is -0.406. The summed E-state index contributed by atoms with van der Waals surface area (Å²) in [5, 5.41) is 3.92. The van der Waals surface area contributed by atoms with Crippen molar-refractivity contribution >= 4 is 76.2 Å². The van der Waals surface area contributed by atoms with E-state index in [-0.39, 0.29) is 25.3 Å². The number of benzene rings is 2. The number of Topliss-reactive ketones (excluding diaryl/α,β-unsaturated/α-hetero) is 1. The maximum Gasteiger partial charge on any atom is 0.232 e. The molecule has 166 valence electrons. The maximum absolute atomic E-state index is 13.2. The normalized spacial score (nSPS) is 16.5. The Labute approximate surface area is 205 Å². The molecular weight excluding hydrogens is 494 g/mol. The van der Waals surface area contributed by atoms with Gasteiger partial charge in [-0.05, 0) is 47.5 Å². The summed E-state index contributed by atoms with van der Waals surface area (Å²) in [6, 6.07) is 9.98. The van der Waals surface area contributed by atoms with Crippen LogP contribution < -0.4 is 5.32 Å². The van der Waals surface area contributed by atoms with Crippen molar-refractivity contribution in [3.05, 3.63) is 78.8 Å². The molecule has 0 spiro atoms. The first kappa shape index (κ1) is 24.3. The standard InChI is InChI=1S/C23H18Cl4N2O3/c1-28-21(30)10-22(31)29-11-15(6-13-2-4-17(24)19(26)8-13)23(32)16(12-29)7-14-3-5-18(25)20(27)9-14/h2-9H,10-12H2,1H3,(H,28,30)/b15-6+,16-7+. The van der Waals surface area contributed by atoms with Crippen LogP contribution in [0.3, 0.4) is 0 Å². The largest absolute Gasteiger partial charge is 0.359 e. The summed E-state index contributed by atoms with van der Waals surface area (Å²) in [5.41, 5.74) is 2.09. The van der Waals surface area contributed by atoms with Crippen molar-refractivity contribution in [2.75, 3.05) is 20.1 Å². The number of likely N-dealkylation sites (tertiary alicyclic amines) is 1. The van der Waals surface area contributed by atoms with Crippen molar-refractivity contribution in [2.24, 2.45) is 0 Å². The van der Waals surface area contributed by atoms with E-state index in [1.807, 2.05) is 0 Å². The van der Waals surface area contributed by atoms with Crippen LogP contribution in [0.2, 0.25) is 20.1 Å². The van der Waals surface area contributed by atoms with Gasteiger partial charge in [0.25, 0.3) is 0 Å². The van der Waals surface area contributed by atoms with E-state index in [4.69, 9.17) is 46.4 Å². The highest BCUT2D eigenvalue weighted by atomic mass is 35.5. The molecule has 0 atom stereocenters. The lowest BCUT2D eigenvalue weighted by atomic mass is 9.94. The fraction of sp³-hybridized carbons (Fsp3) is 0.174. The number of hydrogen-bond acceptors (Lipinski definition) is 3. The van der Waals surface area contributed by atoms with Crippen LogP contribution in [0.5, 0.6) is 0 Å². The smallest absolute Gasteiger partial charge is 0.232 e. The van der Waals surface area contributed by atoms with Crippen LogP contribution in [0.4, 0.5) is 0 Å². The van der Waals surface area contributed by atoms with Gasteiger partial charge in [0, 0.05) is 31.3 Å². The molecule has 1 aliphatic rings. The van der Waals surface area contributed by atoms with E-state index >= 15 is 0 Å². The van der Waals surface area contributed by atoms with Gasteiger partial charge in [-0.25, -0.2) is 0 Å². The number of hydrogen-bond donors (Lipinski definition) is 1. The minimum absolute atomic E-state index is 0.0631. The number of ketones is 1. The van der Waals surface area contributed by atoms with E-state index in [2.05, 4.69) is 5.32 Å². The van der Waals surface area contributed by atoms with E-state index in [9.17, 15) is 14.4 Å². The fourth-order valence-corrected chi connectivity index (χ4v) is 3.77. The highest BCUT2D eigenvalue weighted by Crippen LogP contribution is 2.28. The number of rotatable bonds is 4. The van der Waals surface area contributed by atoms with Gasteiger partial charge in [0.2, 0.25) is 11.8 Å². The van der Waals surface area contributed by atoms with E-state index in [1.54, 1.807) is 48.6 Å². The monoisotopic (exact) mass is 510 g/mol. The number of halogens is 4. The molecule has 1 aliphatic heterocycles. The molecule has 0 bridgehead atoms. The average molecular weight is 512 g/mol. The molecule has 0 unspecified atom stereocenters. The van der Waals surface area contributed by atoms with Crippen molar-refractivity contribution < 1.29 is 14.4 Å². The lowest BCUT2D eigenvalue weighted by Crippen LogP contribution is -2.43. The summed E-state index contributed by atoms with van der Waals surface area (Å²) in [6.07, 6.45) is 3.00. The molecule has 32 heavy (non-hydrogen) atoms. The van der Waals surface area contributed by atoms with Crippen LogP contribution in [0, 0.1) is 0 Å².